The van der Waals surface area contributed by atoms with E-state index < -0.39 is 21.7 Å². The van der Waals surface area contributed by atoms with Crippen LogP contribution in [0.2, 0.25) is 0 Å². The lowest BCUT2D eigenvalue weighted by atomic mass is 9.82. The van der Waals surface area contributed by atoms with Gasteiger partial charge >= 0.3 is 0 Å². The largest absolute Gasteiger partial charge is 0.492 e. The first kappa shape index (κ1) is 24.4. The molecule has 2 aliphatic rings. The molecule has 0 unspecified atom stereocenters. The third-order valence-corrected chi connectivity index (χ3v) is 8.75. The Hall–Kier alpha value is -2.75. The molecular formula is C25H31N3O5S. The minimum atomic E-state index is -3.75. The predicted octanol–water partition coefficient (Wildman–Crippen LogP) is 2.89. The normalized spacial score (nSPS) is 17.5. The third-order valence-electron chi connectivity index (χ3n) is 6.86. The van der Waals surface area contributed by atoms with Crippen molar-refractivity contribution in [3.63, 3.8) is 0 Å². The Labute approximate surface area is 200 Å². The summed E-state index contributed by atoms with van der Waals surface area (Å²) in [5.41, 5.74) is 1.88. The highest BCUT2D eigenvalue weighted by molar-refractivity contribution is 7.89. The summed E-state index contributed by atoms with van der Waals surface area (Å²) in [6, 6.07) is 12.4. The highest BCUT2D eigenvalue weighted by Crippen LogP contribution is 2.29. The summed E-state index contributed by atoms with van der Waals surface area (Å²) in [5, 5.41) is 2.44. The number of amides is 1. The Morgan fingerprint density at radius 2 is 1.68 bits per heavy atom. The molecule has 2 aliphatic heterocycles. The van der Waals surface area contributed by atoms with Crippen molar-refractivity contribution in [1.29, 1.82) is 0 Å². The second-order valence-electron chi connectivity index (χ2n) is 9.35. The molecule has 0 aliphatic carbocycles. The van der Waals surface area contributed by atoms with Crippen molar-refractivity contribution in [1.82, 2.24) is 9.21 Å². The molecule has 1 fully saturated rings. The molecule has 8 nitrogen and oxygen atoms in total. The van der Waals surface area contributed by atoms with Crippen LogP contribution in [0.25, 0.3) is 0 Å². The molecule has 4 rings (SSSR count). The summed E-state index contributed by atoms with van der Waals surface area (Å²) >= 11 is 0. The summed E-state index contributed by atoms with van der Waals surface area (Å²) in [7, 11) is -3.75. The molecule has 2 heterocycles. The van der Waals surface area contributed by atoms with E-state index in [1.807, 2.05) is 12.1 Å². The molecule has 0 bridgehead atoms. The molecule has 0 saturated carbocycles. The van der Waals surface area contributed by atoms with Gasteiger partial charge in [-0.15, -0.1) is 0 Å². The van der Waals surface area contributed by atoms with Gasteiger partial charge in [0.1, 0.15) is 12.4 Å². The minimum absolute atomic E-state index is 0.0302. The van der Waals surface area contributed by atoms with E-state index in [9.17, 15) is 18.0 Å². The Morgan fingerprint density at radius 1 is 1.00 bits per heavy atom. The number of benzene rings is 2. The van der Waals surface area contributed by atoms with Crippen LogP contribution in [-0.4, -0.2) is 68.6 Å². The first-order valence-corrected chi connectivity index (χ1v) is 13.0. The smallest absolute Gasteiger partial charge is 0.296 e. The lowest BCUT2D eigenvalue weighted by Crippen LogP contribution is -2.49. The first-order chi connectivity index (χ1) is 16.1. The molecule has 1 amide bonds. The molecule has 0 spiro atoms. The molecule has 0 aromatic heterocycles. The fourth-order valence-corrected chi connectivity index (χ4v) is 5.57. The van der Waals surface area contributed by atoms with Gasteiger partial charge in [-0.3, -0.25) is 14.5 Å². The van der Waals surface area contributed by atoms with Crippen LogP contribution in [0.5, 0.6) is 5.75 Å². The number of sulfonamides is 1. The van der Waals surface area contributed by atoms with Gasteiger partial charge in [-0.05, 0) is 47.7 Å². The van der Waals surface area contributed by atoms with Gasteiger partial charge in [-0.1, -0.05) is 32.9 Å². The number of carbonyl (C=O) groups excluding carboxylic acids is 2. The molecule has 0 radical (unpaired) electrons. The number of anilines is 1. The van der Waals surface area contributed by atoms with E-state index in [0.717, 1.165) is 12.2 Å². The lowest BCUT2D eigenvalue weighted by molar-refractivity contribution is -0.112. The van der Waals surface area contributed by atoms with Crippen LogP contribution in [0.1, 0.15) is 43.1 Å². The second-order valence-corrected chi connectivity index (χ2v) is 11.3. The monoisotopic (exact) mass is 485 g/mol. The summed E-state index contributed by atoms with van der Waals surface area (Å²) in [6.07, 6.45) is 1.07. The number of hydrogen-bond acceptors (Lipinski definition) is 6. The van der Waals surface area contributed by atoms with E-state index in [2.05, 4.69) is 43.1 Å². The number of piperazine rings is 1. The summed E-state index contributed by atoms with van der Waals surface area (Å²) in [4.78, 5) is 25.7. The molecule has 2 aromatic carbocycles. The molecule has 34 heavy (non-hydrogen) atoms. The van der Waals surface area contributed by atoms with Crippen molar-refractivity contribution in [2.75, 3.05) is 44.6 Å². The third kappa shape index (κ3) is 4.87. The molecule has 0 atom stereocenters. The summed E-state index contributed by atoms with van der Waals surface area (Å²) in [5.74, 6) is -0.613. The molecule has 1 N–H and O–H groups in total. The maximum atomic E-state index is 13.1. The van der Waals surface area contributed by atoms with E-state index in [4.69, 9.17) is 4.74 Å². The van der Waals surface area contributed by atoms with Crippen LogP contribution in [-0.2, 0) is 20.2 Å². The number of rotatable bonds is 8. The van der Waals surface area contributed by atoms with Gasteiger partial charge in [-0.2, -0.15) is 4.31 Å². The number of Topliss-reactive ketones (excluding diaryl/α,β-unsaturated/α-hetero) is 1. The van der Waals surface area contributed by atoms with Gasteiger partial charge in [0.15, 0.2) is 0 Å². The van der Waals surface area contributed by atoms with Gasteiger partial charge < -0.3 is 10.1 Å². The highest BCUT2D eigenvalue weighted by Gasteiger charge is 2.33. The van der Waals surface area contributed by atoms with Crippen LogP contribution < -0.4 is 10.1 Å². The predicted molar refractivity (Wildman–Crippen MR) is 130 cm³/mol. The maximum Gasteiger partial charge on any atom is 0.296 e. The van der Waals surface area contributed by atoms with E-state index in [-0.39, 0.29) is 15.9 Å². The highest BCUT2D eigenvalue weighted by atomic mass is 32.2. The zero-order valence-corrected chi connectivity index (χ0v) is 20.7. The topological polar surface area (TPSA) is 96.0 Å². The van der Waals surface area contributed by atoms with Crippen LogP contribution in [0.15, 0.2) is 47.4 Å². The number of fused-ring (bicyclic) bond motifs is 1. The van der Waals surface area contributed by atoms with Gasteiger partial charge in [-0.25, -0.2) is 8.42 Å². The second kappa shape index (κ2) is 9.48. The fourth-order valence-electron chi connectivity index (χ4n) is 4.12. The number of hydrogen-bond donors (Lipinski definition) is 1. The van der Waals surface area contributed by atoms with Crippen LogP contribution in [0, 0.1) is 0 Å². The van der Waals surface area contributed by atoms with E-state index in [1.165, 1.54) is 28.1 Å². The molecule has 9 heteroatoms. The van der Waals surface area contributed by atoms with Crippen LogP contribution >= 0.6 is 0 Å². The van der Waals surface area contributed by atoms with Crippen molar-refractivity contribution in [2.24, 2.45) is 0 Å². The zero-order chi connectivity index (χ0) is 24.5. The van der Waals surface area contributed by atoms with Gasteiger partial charge in [0.2, 0.25) is 10.0 Å². The molecule has 1 saturated heterocycles. The van der Waals surface area contributed by atoms with Gasteiger partial charge in [0.05, 0.1) is 16.1 Å². The quantitative estimate of drug-likeness (QED) is 0.578. The Morgan fingerprint density at radius 3 is 2.32 bits per heavy atom. The zero-order valence-electron chi connectivity index (χ0n) is 19.8. The Kier molecular flexibility index (Phi) is 6.80. The fraction of sp³-hybridized carbons (Fsp3) is 0.440. The van der Waals surface area contributed by atoms with Crippen molar-refractivity contribution >= 4 is 27.4 Å². The van der Waals surface area contributed by atoms with Crippen molar-refractivity contribution in [3.05, 3.63) is 53.6 Å². The standard InChI is InChI=1S/C25H31N3O5S/c1-4-25(2,3)18-5-7-19(8-6-18)33-16-15-27-11-13-28(14-12-27)34(31,32)20-9-10-22-21(17-20)23(29)24(30)26-22/h5-10,17H,4,11-16H2,1-3H3,(H,26,29,30). The van der Waals surface area contributed by atoms with Crippen molar-refractivity contribution in [3.8, 4) is 5.75 Å². The lowest BCUT2D eigenvalue weighted by Gasteiger charge is -2.33. The molecular weight excluding hydrogens is 454 g/mol. The summed E-state index contributed by atoms with van der Waals surface area (Å²) < 4.78 is 33.5. The minimum Gasteiger partial charge on any atom is -0.492 e. The van der Waals surface area contributed by atoms with Crippen LogP contribution in [0.3, 0.4) is 0 Å². The number of ether oxygens (including phenoxy) is 1. The molecule has 2 aromatic rings. The van der Waals surface area contributed by atoms with Gasteiger partial charge in [0.25, 0.3) is 11.7 Å². The molecule has 182 valence electrons. The average molecular weight is 486 g/mol. The average Bonchev–Trinajstić information content (AvgIpc) is 3.12. The van der Waals surface area contributed by atoms with Crippen molar-refractivity contribution < 1.29 is 22.7 Å². The number of nitrogens with zero attached hydrogens (tertiary/aromatic N) is 2. The summed E-state index contributed by atoms with van der Waals surface area (Å²) in [6.45, 7) is 9.76. The van der Waals surface area contributed by atoms with E-state index >= 15 is 0 Å². The van der Waals surface area contributed by atoms with E-state index in [1.54, 1.807) is 0 Å². The maximum absolute atomic E-state index is 13.1. The van der Waals surface area contributed by atoms with Crippen LogP contribution in [0.4, 0.5) is 5.69 Å². The van der Waals surface area contributed by atoms with Crippen molar-refractivity contribution in [2.45, 2.75) is 37.5 Å². The Balaban J connectivity index is 1.28. The number of ketones is 1. The van der Waals surface area contributed by atoms with Gasteiger partial charge in [0, 0.05) is 32.7 Å². The number of carbonyl (C=O) groups is 2. The SMILES string of the molecule is CCC(C)(C)c1ccc(OCCN2CCN(S(=O)(=O)c3ccc4c(c3)C(=O)C(=O)N4)CC2)cc1. The van der Waals surface area contributed by atoms with E-state index in [0.29, 0.717) is 45.0 Å². The first-order valence-electron chi connectivity index (χ1n) is 11.6. The Bertz CT molecular complexity index is 1180. The number of nitrogens with one attached hydrogen (secondary N) is 1.